The Balaban J connectivity index is 2.67. The lowest BCUT2D eigenvalue weighted by molar-refractivity contribution is -0.137. The summed E-state index contributed by atoms with van der Waals surface area (Å²) in [5.74, 6) is -0.503. The van der Waals surface area contributed by atoms with Crippen LogP contribution in [0.5, 0.6) is 0 Å². The molecule has 1 aromatic carbocycles. The molecule has 0 radical (unpaired) electrons. The first kappa shape index (κ1) is 16.4. The van der Waals surface area contributed by atoms with Gasteiger partial charge in [-0.05, 0) is 35.8 Å². The third-order valence-electron chi connectivity index (χ3n) is 2.83. The SMILES string of the molecule is C=CC(=O)Cc1ccc(/C=C/C(=O)OCCC#N)cc1C. The molecule has 0 saturated heterocycles. The van der Waals surface area contributed by atoms with E-state index in [1.807, 2.05) is 31.2 Å². The van der Waals surface area contributed by atoms with Gasteiger partial charge in [0.1, 0.15) is 6.61 Å². The lowest BCUT2D eigenvalue weighted by Gasteiger charge is -2.05. The molecule has 0 aliphatic heterocycles. The molecule has 0 saturated carbocycles. The molecule has 4 nitrogen and oxygen atoms in total. The van der Waals surface area contributed by atoms with Gasteiger partial charge in [0.05, 0.1) is 12.5 Å². The van der Waals surface area contributed by atoms with Crippen molar-refractivity contribution >= 4 is 17.8 Å². The summed E-state index contributed by atoms with van der Waals surface area (Å²) in [4.78, 5) is 22.7. The zero-order chi connectivity index (χ0) is 15.7. The van der Waals surface area contributed by atoms with E-state index in [0.717, 1.165) is 16.7 Å². The van der Waals surface area contributed by atoms with Crippen molar-refractivity contribution in [1.82, 2.24) is 0 Å². The van der Waals surface area contributed by atoms with E-state index in [1.165, 1.54) is 12.2 Å². The minimum Gasteiger partial charge on any atom is -0.461 e. The van der Waals surface area contributed by atoms with E-state index in [-0.39, 0.29) is 18.8 Å². The largest absolute Gasteiger partial charge is 0.461 e. The number of hydrogen-bond donors (Lipinski definition) is 0. The standard InChI is InChI=1S/C17H17NO3/c1-3-16(19)12-15-7-5-14(11-13(15)2)6-8-17(20)21-10-4-9-18/h3,5-8,11H,1,4,10,12H2,2H3/b8-6+. The van der Waals surface area contributed by atoms with Crippen molar-refractivity contribution in [2.45, 2.75) is 19.8 Å². The summed E-state index contributed by atoms with van der Waals surface area (Å²) >= 11 is 0. The van der Waals surface area contributed by atoms with Crippen LogP contribution >= 0.6 is 0 Å². The van der Waals surface area contributed by atoms with Gasteiger partial charge in [-0.15, -0.1) is 0 Å². The molecule has 0 amide bonds. The van der Waals surface area contributed by atoms with Crippen LogP contribution in [0.4, 0.5) is 0 Å². The fourth-order valence-corrected chi connectivity index (χ4v) is 1.69. The number of carbonyl (C=O) groups is 2. The Morgan fingerprint density at radius 3 is 2.81 bits per heavy atom. The maximum absolute atomic E-state index is 11.4. The van der Waals surface area contributed by atoms with Gasteiger partial charge >= 0.3 is 5.97 Å². The number of nitriles is 1. The number of nitrogens with zero attached hydrogens (tertiary/aromatic N) is 1. The van der Waals surface area contributed by atoms with Crippen molar-refractivity contribution in [1.29, 1.82) is 5.26 Å². The molecule has 4 heteroatoms. The monoisotopic (exact) mass is 283 g/mol. The predicted octanol–water partition coefficient (Wildman–Crippen LogP) is 2.76. The van der Waals surface area contributed by atoms with Gasteiger partial charge in [-0.1, -0.05) is 24.8 Å². The fraction of sp³-hybridized carbons (Fsp3) is 0.235. The number of benzene rings is 1. The quantitative estimate of drug-likeness (QED) is 0.438. The van der Waals surface area contributed by atoms with Crippen LogP contribution in [0.25, 0.3) is 6.08 Å². The van der Waals surface area contributed by atoms with E-state index in [2.05, 4.69) is 6.58 Å². The first-order chi connectivity index (χ1) is 10.1. The Morgan fingerprint density at radius 1 is 1.43 bits per heavy atom. The van der Waals surface area contributed by atoms with Crippen LogP contribution in [0.2, 0.25) is 0 Å². The lowest BCUT2D eigenvalue weighted by atomic mass is 10.0. The van der Waals surface area contributed by atoms with Gasteiger partial charge in [0, 0.05) is 12.5 Å². The summed E-state index contributed by atoms with van der Waals surface area (Å²) < 4.78 is 4.82. The molecular formula is C17H17NO3. The maximum Gasteiger partial charge on any atom is 0.330 e. The van der Waals surface area contributed by atoms with E-state index in [4.69, 9.17) is 10.00 Å². The van der Waals surface area contributed by atoms with Crippen molar-refractivity contribution in [3.05, 3.63) is 53.6 Å². The molecule has 0 unspecified atom stereocenters. The van der Waals surface area contributed by atoms with E-state index in [0.29, 0.717) is 6.42 Å². The van der Waals surface area contributed by atoms with Crippen molar-refractivity contribution in [3.63, 3.8) is 0 Å². The second kappa shape index (κ2) is 8.49. The summed E-state index contributed by atoms with van der Waals surface area (Å²) in [7, 11) is 0. The molecule has 0 aliphatic rings. The Labute approximate surface area is 124 Å². The van der Waals surface area contributed by atoms with E-state index in [9.17, 15) is 9.59 Å². The van der Waals surface area contributed by atoms with Crippen molar-refractivity contribution in [3.8, 4) is 6.07 Å². The summed E-state index contributed by atoms with van der Waals surface area (Å²) in [6.45, 7) is 5.46. The van der Waals surface area contributed by atoms with Gasteiger partial charge in [-0.2, -0.15) is 5.26 Å². The molecular weight excluding hydrogens is 266 g/mol. The third kappa shape index (κ3) is 5.87. The summed E-state index contributed by atoms with van der Waals surface area (Å²) in [6.07, 6.45) is 4.78. The number of carbonyl (C=O) groups excluding carboxylic acids is 2. The van der Waals surface area contributed by atoms with Crippen molar-refractivity contribution in [2.75, 3.05) is 6.61 Å². The number of allylic oxidation sites excluding steroid dienone is 1. The van der Waals surface area contributed by atoms with Gasteiger partial charge in [-0.25, -0.2) is 4.79 Å². The molecule has 0 atom stereocenters. The van der Waals surface area contributed by atoms with Crippen molar-refractivity contribution < 1.29 is 14.3 Å². The highest BCUT2D eigenvalue weighted by Crippen LogP contribution is 2.13. The molecule has 1 aromatic rings. The molecule has 0 fully saturated rings. The lowest BCUT2D eigenvalue weighted by Crippen LogP contribution is -2.01. The summed E-state index contributed by atoms with van der Waals surface area (Å²) in [6, 6.07) is 7.48. The number of hydrogen-bond acceptors (Lipinski definition) is 4. The molecule has 0 aromatic heterocycles. The molecule has 0 N–H and O–H groups in total. The average Bonchev–Trinajstić information content (AvgIpc) is 2.47. The van der Waals surface area contributed by atoms with Crippen molar-refractivity contribution in [2.24, 2.45) is 0 Å². The molecule has 21 heavy (non-hydrogen) atoms. The van der Waals surface area contributed by atoms with Gasteiger partial charge in [-0.3, -0.25) is 4.79 Å². The molecule has 0 bridgehead atoms. The van der Waals surface area contributed by atoms with Gasteiger partial charge in [0.25, 0.3) is 0 Å². The molecule has 108 valence electrons. The number of ether oxygens (including phenoxy) is 1. The van der Waals surface area contributed by atoms with Crippen LogP contribution in [-0.2, 0) is 20.7 Å². The summed E-state index contributed by atoms with van der Waals surface area (Å²) in [5.41, 5.74) is 2.76. The van der Waals surface area contributed by atoms with Gasteiger partial charge in [0.15, 0.2) is 5.78 Å². The highest BCUT2D eigenvalue weighted by molar-refractivity contribution is 5.91. The van der Waals surface area contributed by atoms with Crippen LogP contribution in [0.3, 0.4) is 0 Å². The Morgan fingerprint density at radius 2 is 2.19 bits per heavy atom. The minimum atomic E-state index is -0.478. The van der Waals surface area contributed by atoms with Crippen LogP contribution in [0, 0.1) is 18.3 Å². The molecule has 0 aliphatic carbocycles. The Bertz CT molecular complexity index is 609. The van der Waals surface area contributed by atoms with Crippen LogP contribution < -0.4 is 0 Å². The second-order valence-electron chi connectivity index (χ2n) is 4.44. The summed E-state index contributed by atoms with van der Waals surface area (Å²) in [5, 5.41) is 8.33. The normalized spacial score (nSPS) is 10.1. The predicted molar refractivity (Wildman–Crippen MR) is 80.3 cm³/mol. The Hall–Kier alpha value is -2.67. The van der Waals surface area contributed by atoms with Gasteiger partial charge < -0.3 is 4.74 Å². The highest BCUT2D eigenvalue weighted by atomic mass is 16.5. The number of ketones is 1. The topological polar surface area (TPSA) is 67.2 Å². The van der Waals surface area contributed by atoms with Gasteiger partial charge in [0.2, 0.25) is 0 Å². The van der Waals surface area contributed by atoms with Crippen LogP contribution in [0.15, 0.2) is 36.9 Å². The second-order valence-corrected chi connectivity index (χ2v) is 4.44. The number of aryl methyl sites for hydroxylation is 1. The molecule has 0 spiro atoms. The van der Waals surface area contributed by atoms with E-state index < -0.39 is 5.97 Å². The first-order valence-corrected chi connectivity index (χ1v) is 6.53. The highest BCUT2D eigenvalue weighted by Gasteiger charge is 2.03. The molecule has 0 heterocycles. The van der Waals surface area contributed by atoms with E-state index >= 15 is 0 Å². The maximum atomic E-state index is 11.4. The zero-order valence-corrected chi connectivity index (χ0v) is 12.0. The number of rotatable bonds is 7. The number of esters is 1. The van der Waals surface area contributed by atoms with E-state index in [1.54, 1.807) is 6.08 Å². The van der Waals surface area contributed by atoms with Crippen LogP contribution in [0.1, 0.15) is 23.1 Å². The third-order valence-corrected chi connectivity index (χ3v) is 2.83. The average molecular weight is 283 g/mol. The van der Waals surface area contributed by atoms with Crippen LogP contribution in [-0.4, -0.2) is 18.4 Å². The zero-order valence-electron chi connectivity index (χ0n) is 12.0. The minimum absolute atomic E-state index is 0.0255. The fourth-order valence-electron chi connectivity index (χ4n) is 1.69. The molecule has 1 rings (SSSR count). The smallest absolute Gasteiger partial charge is 0.330 e. The first-order valence-electron chi connectivity index (χ1n) is 6.53. The Kier molecular flexibility index (Phi) is 6.62.